The number of carboxylic acid groups (broad SMARTS) is 1. The first-order valence-corrected chi connectivity index (χ1v) is 13.6. The summed E-state index contributed by atoms with van der Waals surface area (Å²) in [5.41, 5.74) is 1.06. The summed E-state index contributed by atoms with van der Waals surface area (Å²) in [5, 5.41) is 10.1. The van der Waals surface area contributed by atoms with Crippen molar-refractivity contribution in [3.63, 3.8) is 0 Å². The number of cyclic esters (lactones) is 1. The van der Waals surface area contributed by atoms with Crippen LogP contribution in [0.15, 0.2) is 53.1 Å². The van der Waals surface area contributed by atoms with E-state index in [0.717, 1.165) is 12.8 Å². The molecule has 1 saturated carbocycles. The van der Waals surface area contributed by atoms with Crippen molar-refractivity contribution in [3.8, 4) is 0 Å². The van der Waals surface area contributed by atoms with Gasteiger partial charge in [-0.2, -0.15) is 0 Å². The predicted molar refractivity (Wildman–Crippen MR) is 147 cm³/mol. The molecule has 0 spiro atoms. The topological polar surface area (TPSA) is 101 Å². The van der Waals surface area contributed by atoms with E-state index >= 15 is 4.39 Å². The monoisotopic (exact) mass is 567 g/mol. The van der Waals surface area contributed by atoms with Gasteiger partial charge < -0.3 is 24.0 Å². The lowest BCUT2D eigenvalue weighted by Gasteiger charge is -2.36. The smallest absolute Gasteiger partial charge is 0.342 e. The number of aromatic nitrogens is 1. The quantitative estimate of drug-likeness (QED) is 0.409. The van der Waals surface area contributed by atoms with Gasteiger partial charge in [-0.25, -0.2) is 14.0 Å². The predicted octanol–water partition coefficient (Wildman–Crippen LogP) is 3.93. The molecule has 1 aliphatic carbocycles. The highest BCUT2D eigenvalue weighted by Crippen LogP contribution is 2.38. The van der Waals surface area contributed by atoms with Crippen molar-refractivity contribution in [1.29, 1.82) is 0 Å². The maximum Gasteiger partial charge on any atom is 0.342 e. The average molecular weight is 568 g/mol. The fourth-order valence-electron chi connectivity index (χ4n) is 5.32. The van der Waals surface area contributed by atoms with E-state index in [9.17, 15) is 19.5 Å². The number of benzene rings is 2. The average Bonchev–Trinajstić information content (AvgIpc) is 3.72. The van der Waals surface area contributed by atoms with Gasteiger partial charge in [0.25, 0.3) is 0 Å². The van der Waals surface area contributed by atoms with E-state index in [2.05, 4.69) is 4.90 Å². The Kier molecular flexibility index (Phi) is 6.97. The second-order valence-electron chi connectivity index (χ2n) is 10.2. The van der Waals surface area contributed by atoms with Gasteiger partial charge in [-0.15, -0.1) is 0 Å². The molecule has 1 aromatic heterocycles. The largest absolute Gasteiger partial charge is 0.492 e. The third-order valence-corrected chi connectivity index (χ3v) is 7.87. The summed E-state index contributed by atoms with van der Waals surface area (Å²) in [4.78, 5) is 40.7. The highest BCUT2D eigenvalue weighted by atomic mass is 35.5. The van der Waals surface area contributed by atoms with Crippen LogP contribution >= 0.6 is 11.6 Å². The van der Waals surface area contributed by atoms with Crippen LogP contribution in [0.1, 0.15) is 34.8 Å². The van der Waals surface area contributed by atoms with Crippen LogP contribution in [0.3, 0.4) is 0 Å². The SMILES string of the molecule is O=C1OCC(OCCN2CCN(c3cc4c(cc3F)c(=O)c(C(=O)O)cn4C3CC3)CC2)=C1c1ccc(Cl)cc1. The van der Waals surface area contributed by atoms with Gasteiger partial charge in [0.2, 0.25) is 5.43 Å². The van der Waals surface area contributed by atoms with Gasteiger partial charge >= 0.3 is 11.9 Å². The Hall–Kier alpha value is -3.89. The molecular formula is C29H27ClFN3O6. The fraction of sp³-hybridized carbons (Fsp3) is 0.345. The molecule has 0 atom stereocenters. The summed E-state index contributed by atoms with van der Waals surface area (Å²) in [6, 6.07) is 9.91. The minimum Gasteiger partial charge on any atom is -0.492 e. The number of ether oxygens (including phenoxy) is 2. The Morgan fingerprint density at radius 2 is 1.82 bits per heavy atom. The van der Waals surface area contributed by atoms with Gasteiger partial charge in [-0.05, 0) is 42.7 Å². The molecule has 2 fully saturated rings. The standard InChI is InChI=1S/C29H27ClFN3O6/c30-18-3-1-17(2-4-18)26-25(16-40-29(26)38)39-12-11-32-7-9-33(10-8-32)24-14-23-20(13-22(24)31)27(35)21(28(36)37)15-34(23)19-5-6-19/h1-4,13-15,19H,5-12,16H2,(H,36,37). The van der Waals surface area contributed by atoms with E-state index in [1.165, 1.54) is 12.3 Å². The van der Waals surface area contributed by atoms with Crippen molar-refractivity contribution in [2.45, 2.75) is 18.9 Å². The van der Waals surface area contributed by atoms with E-state index < -0.39 is 23.2 Å². The molecule has 0 amide bonds. The van der Waals surface area contributed by atoms with Crippen molar-refractivity contribution in [3.05, 3.63) is 80.5 Å². The number of halogens is 2. The molecule has 1 N–H and O–H groups in total. The van der Waals surface area contributed by atoms with E-state index in [0.29, 0.717) is 72.5 Å². The molecule has 2 aliphatic heterocycles. The number of carbonyl (C=O) groups is 2. The number of hydrogen-bond donors (Lipinski definition) is 1. The molecule has 2 aromatic carbocycles. The second kappa shape index (κ2) is 10.6. The van der Waals surface area contributed by atoms with E-state index in [1.807, 2.05) is 4.90 Å². The number of rotatable bonds is 8. The van der Waals surface area contributed by atoms with Gasteiger partial charge in [0.1, 0.15) is 35.9 Å². The molecule has 0 bridgehead atoms. The maximum absolute atomic E-state index is 15.2. The van der Waals surface area contributed by atoms with Crippen LogP contribution in [-0.2, 0) is 14.3 Å². The van der Waals surface area contributed by atoms with Crippen molar-refractivity contribution < 1.29 is 28.6 Å². The molecule has 3 heterocycles. The van der Waals surface area contributed by atoms with Crippen LogP contribution in [0, 0.1) is 5.82 Å². The number of nitrogens with zero attached hydrogens (tertiary/aromatic N) is 3. The molecule has 208 valence electrons. The number of fused-ring (bicyclic) bond motifs is 1. The zero-order chi connectivity index (χ0) is 28.0. The lowest BCUT2D eigenvalue weighted by atomic mass is 10.1. The van der Waals surface area contributed by atoms with Crippen LogP contribution in [0.25, 0.3) is 16.5 Å². The van der Waals surface area contributed by atoms with Crippen molar-refractivity contribution in [1.82, 2.24) is 9.47 Å². The van der Waals surface area contributed by atoms with Crippen LogP contribution in [0.4, 0.5) is 10.1 Å². The molecule has 0 unspecified atom stereocenters. The van der Waals surface area contributed by atoms with Crippen LogP contribution in [0.5, 0.6) is 0 Å². The van der Waals surface area contributed by atoms with E-state index in [-0.39, 0.29) is 23.6 Å². The molecule has 3 aliphatic rings. The Bertz CT molecular complexity index is 1590. The highest BCUT2D eigenvalue weighted by Gasteiger charge is 2.30. The van der Waals surface area contributed by atoms with E-state index in [4.69, 9.17) is 21.1 Å². The lowest BCUT2D eigenvalue weighted by molar-refractivity contribution is -0.134. The van der Waals surface area contributed by atoms with Crippen LogP contribution in [-0.4, -0.2) is 72.4 Å². The summed E-state index contributed by atoms with van der Waals surface area (Å²) in [6.45, 7) is 3.57. The first-order valence-electron chi connectivity index (χ1n) is 13.2. The normalized spacial score (nSPS) is 17.9. The third-order valence-electron chi connectivity index (χ3n) is 7.62. The minimum atomic E-state index is -1.31. The molecule has 11 heteroatoms. The zero-order valence-corrected chi connectivity index (χ0v) is 22.3. The van der Waals surface area contributed by atoms with Crippen LogP contribution < -0.4 is 10.3 Å². The van der Waals surface area contributed by atoms with E-state index in [1.54, 1.807) is 34.9 Å². The second-order valence-corrected chi connectivity index (χ2v) is 10.6. The number of carbonyl (C=O) groups excluding carboxylic acids is 1. The number of aromatic carboxylic acids is 1. The zero-order valence-electron chi connectivity index (χ0n) is 21.6. The summed E-state index contributed by atoms with van der Waals surface area (Å²) < 4.78 is 28.2. The fourth-order valence-corrected chi connectivity index (χ4v) is 5.44. The first-order chi connectivity index (χ1) is 19.3. The lowest BCUT2D eigenvalue weighted by Crippen LogP contribution is -2.47. The van der Waals surface area contributed by atoms with Gasteiger partial charge in [0.15, 0.2) is 0 Å². The number of pyridine rings is 1. The third kappa shape index (κ3) is 5.04. The number of carboxylic acids is 1. The Labute approximate surface area is 233 Å². The summed E-state index contributed by atoms with van der Waals surface area (Å²) in [5.74, 6) is -1.78. The molecule has 9 nitrogen and oxygen atoms in total. The number of esters is 1. The van der Waals surface area contributed by atoms with Crippen LogP contribution in [0.2, 0.25) is 5.02 Å². The Balaban J connectivity index is 1.12. The maximum atomic E-state index is 15.2. The molecule has 3 aromatic rings. The Morgan fingerprint density at radius 1 is 1.10 bits per heavy atom. The summed E-state index contributed by atoms with van der Waals surface area (Å²) in [7, 11) is 0. The van der Waals surface area contributed by atoms with Gasteiger partial charge in [-0.1, -0.05) is 23.7 Å². The van der Waals surface area contributed by atoms with Gasteiger partial charge in [0.05, 0.1) is 11.2 Å². The highest BCUT2D eigenvalue weighted by molar-refractivity contribution is 6.30. The number of piperazine rings is 1. The molecule has 0 radical (unpaired) electrons. The van der Waals surface area contributed by atoms with Gasteiger partial charge in [-0.3, -0.25) is 9.69 Å². The van der Waals surface area contributed by atoms with Crippen molar-refractivity contribution in [2.24, 2.45) is 0 Å². The Morgan fingerprint density at radius 3 is 2.50 bits per heavy atom. The number of hydrogen-bond acceptors (Lipinski definition) is 7. The molecule has 40 heavy (non-hydrogen) atoms. The molecule has 1 saturated heterocycles. The molecule has 6 rings (SSSR count). The van der Waals surface area contributed by atoms with Crippen molar-refractivity contribution >= 4 is 45.7 Å². The summed E-state index contributed by atoms with van der Waals surface area (Å²) in [6.07, 6.45) is 3.17. The van der Waals surface area contributed by atoms with Gasteiger partial charge in [0, 0.05) is 55.4 Å². The minimum absolute atomic E-state index is 0.0884. The van der Waals surface area contributed by atoms with Crippen molar-refractivity contribution in [2.75, 3.05) is 50.8 Å². The molecular weight excluding hydrogens is 541 g/mol. The number of anilines is 1. The first kappa shape index (κ1) is 26.3. The summed E-state index contributed by atoms with van der Waals surface area (Å²) >= 11 is 5.96.